The van der Waals surface area contributed by atoms with Gasteiger partial charge < -0.3 is 19.5 Å². The van der Waals surface area contributed by atoms with Crippen LogP contribution in [0, 0.1) is 6.92 Å². The van der Waals surface area contributed by atoms with Crippen molar-refractivity contribution in [1.82, 2.24) is 24.2 Å². The summed E-state index contributed by atoms with van der Waals surface area (Å²) in [5.41, 5.74) is 3.52. The second kappa shape index (κ2) is 8.66. The number of amides is 2. The zero-order valence-corrected chi connectivity index (χ0v) is 17.2. The van der Waals surface area contributed by atoms with E-state index in [9.17, 15) is 9.59 Å². The lowest BCUT2D eigenvalue weighted by atomic mass is 10.2. The molecule has 3 heterocycles. The van der Waals surface area contributed by atoms with Crippen molar-refractivity contribution < 1.29 is 14.3 Å². The normalized spacial score (nSPS) is 16.7. The minimum Gasteiger partial charge on any atom is -0.365 e. The third-order valence-electron chi connectivity index (χ3n) is 5.41. The van der Waals surface area contributed by atoms with E-state index in [1.165, 1.54) is 0 Å². The van der Waals surface area contributed by atoms with Crippen LogP contribution in [0.15, 0.2) is 36.8 Å². The van der Waals surface area contributed by atoms with Gasteiger partial charge in [-0.1, -0.05) is 0 Å². The number of imidazole rings is 1. The summed E-state index contributed by atoms with van der Waals surface area (Å²) in [7, 11) is 0. The molecular formula is C21H26N6O3. The van der Waals surface area contributed by atoms with Crippen molar-refractivity contribution >= 4 is 28.5 Å². The van der Waals surface area contributed by atoms with Crippen LogP contribution in [0.3, 0.4) is 0 Å². The summed E-state index contributed by atoms with van der Waals surface area (Å²) in [6.45, 7) is 6.44. The Morgan fingerprint density at radius 1 is 1.30 bits per heavy atom. The molecule has 1 N–H and O–H groups in total. The Hall–Kier alpha value is -3.20. The summed E-state index contributed by atoms with van der Waals surface area (Å²) in [6, 6.07) is 7.55. The van der Waals surface area contributed by atoms with E-state index in [0.717, 1.165) is 23.3 Å². The molecule has 0 bridgehead atoms. The number of carbonyl (C=O) groups is 2. The van der Waals surface area contributed by atoms with E-state index in [1.807, 2.05) is 35.8 Å². The molecule has 1 atom stereocenters. The van der Waals surface area contributed by atoms with Gasteiger partial charge >= 0.3 is 0 Å². The first-order chi connectivity index (χ1) is 14.5. The highest BCUT2D eigenvalue weighted by Gasteiger charge is 2.29. The van der Waals surface area contributed by atoms with E-state index in [4.69, 9.17) is 4.74 Å². The molecule has 2 amide bonds. The topological polar surface area (TPSA) is 94.3 Å². The third-order valence-corrected chi connectivity index (χ3v) is 5.41. The van der Waals surface area contributed by atoms with Crippen LogP contribution in [-0.4, -0.2) is 61.8 Å². The maximum absolute atomic E-state index is 12.7. The van der Waals surface area contributed by atoms with Gasteiger partial charge in [-0.3, -0.25) is 14.3 Å². The van der Waals surface area contributed by atoms with Gasteiger partial charge in [0.2, 0.25) is 5.91 Å². The molecule has 1 aromatic carbocycles. The van der Waals surface area contributed by atoms with Crippen molar-refractivity contribution in [3.05, 3.63) is 42.5 Å². The number of aryl methyl sites for hydroxylation is 3. The number of rotatable bonds is 6. The molecule has 0 aliphatic carbocycles. The number of aromatic nitrogens is 4. The first-order valence-corrected chi connectivity index (χ1v) is 10.2. The van der Waals surface area contributed by atoms with Gasteiger partial charge in [0.05, 0.1) is 30.5 Å². The molecule has 1 aliphatic rings. The second-order valence-electron chi connectivity index (χ2n) is 7.37. The SMILES string of the molecule is CCn1cnc2cc(NC(=O)C3CN(C(=O)CCn4nccc4C)CCO3)ccc21. The van der Waals surface area contributed by atoms with Gasteiger partial charge in [-0.05, 0) is 38.1 Å². The fraction of sp³-hybridized carbons (Fsp3) is 0.429. The predicted octanol–water partition coefficient (Wildman–Crippen LogP) is 1.82. The molecule has 0 radical (unpaired) electrons. The Morgan fingerprint density at radius 2 is 2.17 bits per heavy atom. The lowest BCUT2D eigenvalue weighted by Crippen LogP contribution is -2.50. The molecule has 30 heavy (non-hydrogen) atoms. The molecule has 1 fully saturated rings. The third kappa shape index (κ3) is 4.20. The zero-order valence-electron chi connectivity index (χ0n) is 17.2. The van der Waals surface area contributed by atoms with Crippen LogP contribution in [0.4, 0.5) is 5.69 Å². The highest BCUT2D eigenvalue weighted by Crippen LogP contribution is 2.19. The monoisotopic (exact) mass is 410 g/mol. The standard InChI is InChI=1S/C21H26N6O3/c1-3-25-14-22-17-12-16(4-5-18(17)25)24-21(29)19-13-26(10-11-30-19)20(28)7-9-27-15(2)6-8-23-27/h4-6,8,12,14,19H,3,7,9-11,13H2,1-2H3,(H,24,29). The summed E-state index contributed by atoms with van der Waals surface area (Å²) in [5, 5.41) is 7.09. The van der Waals surface area contributed by atoms with Crippen LogP contribution in [0.5, 0.6) is 0 Å². The fourth-order valence-corrected chi connectivity index (χ4v) is 3.64. The van der Waals surface area contributed by atoms with Gasteiger partial charge in [0.25, 0.3) is 5.91 Å². The minimum absolute atomic E-state index is 0.00229. The highest BCUT2D eigenvalue weighted by molar-refractivity contribution is 5.96. The van der Waals surface area contributed by atoms with Gasteiger partial charge in [0.1, 0.15) is 0 Å². The molecule has 3 aromatic rings. The average molecular weight is 410 g/mol. The Kier molecular flexibility index (Phi) is 5.80. The summed E-state index contributed by atoms with van der Waals surface area (Å²) < 4.78 is 9.47. The highest BCUT2D eigenvalue weighted by atomic mass is 16.5. The van der Waals surface area contributed by atoms with Gasteiger partial charge in [-0.15, -0.1) is 0 Å². The molecule has 1 aliphatic heterocycles. The maximum atomic E-state index is 12.7. The van der Waals surface area contributed by atoms with Gasteiger partial charge in [0.15, 0.2) is 6.10 Å². The summed E-state index contributed by atoms with van der Waals surface area (Å²) >= 11 is 0. The largest absolute Gasteiger partial charge is 0.365 e. The quantitative estimate of drug-likeness (QED) is 0.669. The van der Waals surface area contributed by atoms with Crippen LogP contribution in [0.25, 0.3) is 11.0 Å². The average Bonchev–Trinajstić information content (AvgIpc) is 3.37. The number of nitrogens with zero attached hydrogens (tertiary/aromatic N) is 5. The Labute approximate surface area is 174 Å². The van der Waals surface area contributed by atoms with Gasteiger partial charge in [-0.25, -0.2) is 4.98 Å². The lowest BCUT2D eigenvalue weighted by molar-refractivity contribution is -0.144. The Balaban J connectivity index is 1.35. The summed E-state index contributed by atoms with van der Waals surface area (Å²) in [4.78, 5) is 31.4. The summed E-state index contributed by atoms with van der Waals surface area (Å²) in [5.74, 6) is -0.262. The molecule has 0 spiro atoms. The first-order valence-electron chi connectivity index (χ1n) is 10.2. The van der Waals surface area contributed by atoms with Gasteiger partial charge in [0, 0.05) is 43.6 Å². The van der Waals surface area contributed by atoms with Crippen molar-refractivity contribution in [2.75, 3.05) is 25.0 Å². The molecule has 1 saturated heterocycles. The number of ether oxygens (including phenoxy) is 1. The molecule has 1 unspecified atom stereocenters. The Bertz CT molecular complexity index is 1060. The number of fused-ring (bicyclic) bond motifs is 1. The second-order valence-corrected chi connectivity index (χ2v) is 7.37. The number of benzene rings is 1. The van der Waals surface area contributed by atoms with E-state index in [0.29, 0.717) is 31.8 Å². The molecule has 0 saturated carbocycles. The molecule has 158 valence electrons. The number of carbonyl (C=O) groups excluding carboxylic acids is 2. The number of morpholine rings is 1. The van der Waals surface area contributed by atoms with E-state index in [1.54, 1.807) is 22.1 Å². The molecule has 9 nitrogen and oxygen atoms in total. The van der Waals surface area contributed by atoms with Crippen LogP contribution < -0.4 is 5.32 Å². The molecular weight excluding hydrogens is 384 g/mol. The van der Waals surface area contributed by atoms with Crippen LogP contribution in [0.2, 0.25) is 0 Å². The number of hydrogen-bond donors (Lipinski definition) is 1. The minimum atomic E-state index is -0.696. The molecule has 9 heteroatoms. The van der Waals surface area contributed by atoms with Crippen LogP contribution in [0.1, 0.15) is 19.0 Å². The zero-order chi connectivity index (χ0) is 21.1. The Morgan fingerprint density at radius 3 is 2.93 bits per heavy atom. The van der Waals surface area contributed by atoms with Crippen LogP contribution >= 0.6 is 0 Å². The molecule has 4 rings (SSSR count). The molecule has 2 aromatic heterocycles. The van der Waals surface area contributed by atoms with Crippen molar-refractivity contribution in [3.63, 3.8) is 0 Å². The van der Waals surface area contributed by atoms with E-state index in [2.05, 4.69) is 22.3 Å². The lowest BCUT2D eigenvalue weighted by Gasteiger charge is -2.32. The fourth-order valence-electron chi connectivity index (χ4n) is 3.64. The van der Waals surface area contributed by atoms with Crippen LogP contribution in [-0.2, 0) is 27.4 Å². The predicted molar refractivity (Wildman–Crippen MR) is 112 cm³/mol. The smallest absolute Gasteiger partial charge is 0.255 e. The first kappa shape index (κ1) is 20.1. The van der Waals surface area contributed by atoms with Gasteiger partial charge in [-0.2, -0.15) is 5.10 Å². The van der Waals surface area contributed by atoms with E-state index in [-0.39, 0.29) is 18.4 Å². The van der Waals surface area contributed by atoms with E-state index < -0.39 is 6.10 Å². The van der Waals surface area contributed by atoms with Crippen molar-refractivity contribution in [2.24, 2.45) is 0 Å². The van der Waals surface area contributed by atoms with Crippen molar-refractivity contribution in [1.29, 1.82) is 0 Å². The van der Waals surface area contributed by atoms with Crippen molar-refractivity contribution in [3.8, 4) is 0 Å². The van der Waals surface area contributed by atoms with Crippen molar-refractivity contribution in [2.45, 2.75) is 39.5 Å². The van der Waals surface area contributed by atoms with E-state index >= 15 is 0 Å². The summed E-state index contributed by atoms with van der Waals surface area (Å²) in [6.07, 6.45) is 3.15. The maximum Gasteiger partial charge on any atom is 0.255 e. The number of hydrogen-bond acceptors (Lipinski definition) is 5. The number of anilines is 1. The number of nitrogens with one attached hydrogen (secondary N) is 1.